The molecule has 0 atom stereocenters. The molecule has 6 rings (SSSR count). The number of urea groups is 1. The highest BCUT2D eigenvalue weighted by molar-refractivity contribution is 7.86. The first-order valence-corrected chi connectivity index (χ1v) is 17.8. The van der Waals surface area contributed by atoms with E-state index in [1.807, 2.05) is 0 Å². The van der Waals surface area contributed by atoms with E-state index in [1.54, 1.807) is 0 Å². The number of phenolic OH excluding ortho intramolecular Hbond substituents is 2. The molecule has 0 aliphatic rings. The molecule has 264 valence electrons. The molecule has 8 N–H and O–H groups in total. The monoisotopic (exact) mass is 742 g/mol. The van der Waals surface area contributed by atoms with Gasteiger partial charge in [-0.1, -0.05) is 36.4 Å². The topological polar surface area (TPSA) is 249 Å². The van der Waals surface area contributed by atoms with E-state index >= 15 is 0 Å². The quantitative estimate of drug-likeness (QED) is 0.0659. The lowest BCUT2D eigenvalue weighted by molar-refractivity contribution is 0.101. The maximum absolute atomic E-state index is 13.2. The number of carbonyl (C=O) groups is 3. The van der Waals surface area contributed by atoms with Crippen molar-refractivity contribution in [1.82, 2.24) is 0 Å². The van der Waals surface area contributed by atoms with Gasteiger partial charge in [0.1, 0.15) is 21.3 Å². The number of hydrogen-bond acceptors (Lipinski definition) is 9. The zero-order valence-electron chi connectivity index (χ0n) is 26.4. The van der Waals surface area contributed by atoms with Crippen molar-refractivity contribution in [1.29, 1.82) is 0 Å². The standard InChI is InChI=1S/C35H26N4O11S2/c40-27-15-13-23-25(9-3-11-29(23)51(45,46)47)31(27)38-33(42)19-5-1-7-21(17-19)36-35(44)37-22-8-2-6-20(18-22)34(43)39-32-26-10-4-12-30(52(48,49)50)24(26)14-16-28(32)41/h1-18,40-41H,(H,38,42)(H,39,43)(H2,36,37,44)(H,45,46,47)(H,48,49,50). The Labute approximate surface area is 295 Å². The predicted octanol–water partition coefficient (Wildman–Crippen LogP) is 6.05. The van der Waals surface area contributed by atoms with Crippen LogP contribution >= 0.6 is 0 Å². The average molecular weight is 743 g/mol. The second-order valence-electron chi connectivity index (χ2n) is 11.2. The zero-order chi connectivity index (χ0) is 37.4. The van der Waals surface area contributed by atoms with Crippen molar-refractivity contribution in [2.75, 3.05) is 21.3 Å². The van der Waals surface area contributed by atoms with Crippen LogP contribution in [0.2, 0.25) is 0 Å². The van der Waals surface area contributed by atoms with Crippen LogP contribution in [0.15, 0.2) is 119 Å². The molecule has 0 radical (unpaired) electrons. The summed E-state index contributed by atoms with van der Waals surface area (Å²) in [5, 5.41) is 31.6. The molecule has 0 saturated heterocycles. The molecule has 0 fully saturated rings. The minimum absolute atomic E-state index is 0.0548. The Morgan fingerprint density at radius 2 is 0.846 bits per heavy atom. The lowest BCUT2D eigenvalue weighted by atomic mass is 10.1. The van der Waals surface area contributed by atoms with E-state index in [0.717, 1.165) is 0 Å². The van der Waals surface area contributed by atoms with E-state index in [2.05, 4.69) is 21.3 Å². The second-order valence-corrected chi connectivity index (χ2v) is 14.0. The van der Waals surface area contributed by atoms with Crippen LogP contribution in [-0.2, 0) is 20.2 Å². The van der Waals surface area contributed by atoms with Crippen LogP contribution in [0.1, 0.15) is 20.7 Å². The third-order valence-corrected chi connectivity index (χ3v) is 9.62. The molecule has 17 heteroatoms. The van der Waals surface area contributed by atoms with Crippen LogP contribution in [0.3, 0.4) is 0 Å². The van der Waals surface area contributed by atoms with Crippen molar-refractivity contribution in [3.05, 3.63) is 120 Å². The molecule has 0 spiro atoms. The average Bonchev–Trinajstić information content (AvgIpc) is 3.09. The normalized spacial score (nSPS) is 11.6. The van der Waals surface area contributed by atoms with Crippen molar-refractivity contribution in [2.24, 2.45) is 0 Å². The van der Waals surface area contributed by atoms with E-state index in [0.29, 0.717) is 0 Å². The van der Waals surface area contributed by atoms with Gasteiger partial charge in [-0.25, -0.2) is 4.79 Å². The smallest absolute Gasteiger partial charge is 0.323 e. The van der Waals surface area contributed by atoms with Gasteiger partial charge in [0.05, 0.1) is 11.4 Å². The van der Waals surface area contributed by atoms with E-state index < -0.39 is 47.9 Å². The number of rotatable bonds is 8. The Morgan fingerprint density at radius 1 is 0.462 bits per heavy atom. The molecule has 15 nitrogen and oxygen atoms in total. The van der Waals surface area contributed by atoms with Gasteiger partial charge in [-0.05, 0) is 72.8 Å². The summed E-state index contributed by atoms with van der Waals surface area (Å²) >= 11 is 0. The van der Waals surface area contributed by atoms with Crippen molar-refractivity contribution in [2.45, 2.75) is 9.79 Å². The fraction of sp³-hybridized carbons (Fsp3) is 0. The van der Waals surface area contributed by atoms with Crippen LogP contribution in [0, 0.1) is 0 Å². The largest absolute Gasteiger partial charge is 0.506 e. The minimum Gasteiger partial charge on any atom is -0.506 e. The summed E-state index contributed by atoms with van der Waals surface area (Å²) in [7, 11) is -9.21. The van der Waals surface area contributed by atoms with Crippen molar-refractivity contribution < 1.29 is 50.5 Å². The second kappa shape index (κ2) is 13.6. The van der Waals surface area contributed by atoms with Gasteiger partial charge in [0.15, 0.2) is 0 Å². The third kappa shape index (κ3) is 7.32. The molecule has 0 aliphatic carbocycles. The van der Waals surface area contributed by atoms with Crippen LogP contribution in [0.4, 0.5) is 27.5 Å². The number of benzene rings is 6. The van der Waals surface area contributed by atoms with Crippen LogP contribution in [-0.4, -0.2) is 54.0 Å². The first-order valence-electron chi connectivity index (χ1n) is 15.0. The Kier molecular flexibility index (Phi) is 9.26. The first kappa shape index (κ1) is 35.3. The molecule has 52 heavy (non-hydrogen) atoms. The Morgan fingerprint density at radius 3 is 1.23 bits per heavy atom. The molecule has 0 unspecified atom stereocenters. The van der Waals surface area contributed by atoms with Gasteiger partial charge in [0.25, 0.3) is 32.1 Å². The van der Waals surface area contributed by atoms with Crippen LogP contribution in [0.25, 0.3) is 21.5 Å². The highest BCUT2D eigenvalue weighted by Crippen LogP contribution is 2.37. The van der Waals surface area contributed by atoms with Gasteiger partial charge < -0.3 is 31.5 Å². The molecule has 0 aliphatic heterocycles. The summed E-state index contributed by atoms with van der Waals surface area (Å²) in [5.74, 6) is -2.15. The summed E-state index contributed by atoms with van der Waals surface area (Å²) in [6.45, 7) is 0. The van der Waals surface area contributed by atoms with E-state index in [9.17, 15) is 50.5 Å². The fourth-order valence-electron chi connectivity index (χ4n) is 5.49. The molecule has 4 amide bonds. The maximum atomic E-state index is 13.2. The SMILES string of the molecule is O=C(Nc1cccc(C(=O)Nc2c(O)ccc3c(S(=O)(=O)O)cccc23)c1)Nc1cccc(C(=O)Nc2c(O)ccc3c(S(=O)(=O)O)cccc23)c1. The number of anilines is 4. The summed E-state index contributed by atoms with van der Waals surface area (Å²) in [4.78, 5) is 38.5. The van der Waals surface area contributed by atoms with Gasteiger partial charge in [0, 0.05) is 44.0 Å². The Balaban J connectivity index is 1.16. The van der Waals surface area contributed by atoms with E-state index in [-0.39, 0.29) is 66.9 Å². The molecule has 6 aromatic carbocycles. The molecule has 0 aromatic heterocycles. The fourth-order valence-corrected chi connectivity index (χ4v) is 6.90. The van der Waals surface area contributed by atoms with Crippen molar-refractivity contribution >= 4 is 82.4 Å². The Hall–Kier alpha value is -6.53. The summed E-state index contributed by atoms with van der Waals surface area (Å²) in [6.07, 6.45) is 0. The van der Waals surface area contributed by atoms with Gasteiger partial charge in [0.2, 0.25) is 0 Å². The van der Waals surface area contributed by atoms with Crippen LogP contribution < -0.4 is 21.3 Å². The maximum Gasteiger partial charge on any atom is 0.323 e. The third-order valence-electron chi connectivity index (χ3n) is 7.80. The van der Waals surface area contributed by atoms with E-state index in [4.69, 9.17) is 0 Å². The number of fused-ring (bicyclic) bond motifs is 2. The molecule has 0 bridgehead atoms. The highest BCUT2D eigenvalue weighted by atomic mass is 32.2. The number of aromatic hydroxyl groups is 2. The predicted molar refractivity (Wildman–Crippen MR) is 192 cm³/mol. The summed E-state index contributed by atoms with van der Waals surface area (Å²) in [5.41, 5.74) is 0.271. The number of amides is 4. The molecular weight excluding hydrogens is 717 g/mol. The van der Waals surface area contributed by atoms with Gasteiger partial charge >= 0.3 is 6.03 Å². The number of nitrogens with one attached hydrogen (secondary N) is 4. The molecular formula is C35H26N4O11S2. The van der Waals surface area contributed by atoms with Gasteiger partial charge in [-0.3, -0.25) is 18.7 Å². The molecule has 0 saturated carbocycles. The number of carbonyl (C=O) groups excluding carboxylic acids is 3. The number of phenols is 2. The molecule has 6 aromatic rings. The lowest BCUT2D eigenvalue weighted by Gasteiger charge is -2.14. The minimum atomic E-state index is -4.61. The van der Waals surface area contributed by atoms with Crippen molar-refractivity contribution in [3.63, 3.8) is 0 Å². The first-order chi connectivity index (χ1) is 24.6. The van der Waals surface area contributed by atoms with Gasteiger partial charge in [-0.15, -0.1) is 0 Å². The summed E-state index contributed by atoms with van der Waals surface area (Å²) < 4.78 is 66.6. The van der Waals surface area contributed by atoms with Crippen LogP contribution in [0.5, 0.6) is 11.5 Å². The van der Waals surface area contributed by atoms with Crippen molar-refractivity contribution in [3.8, 4) is 11.5 Å². The summed E-state index contributed by atoms with van der Waals surface area (Å²) in [6, 6.07) is 23.6. The Bertz CT molecular complexity index is 2500. The lowest BCUT2D eigenvalue weighted by Crippen LogP contribution is -2.20. The highest BCUT2D eigenvalue weighted by Gasteiger charge is 2.21. The zero-order valence-corrected chi connectivity index (χ0v) is 28.0. The van der Waals surface area contributed by atoms with Gasteiger partial charge in [-0.2, -0.15) is 16.8 Å². The van der Waals surface area contributed by atoms with E-state index in [1.165, 1.54) is 109 Å². The molecule has 0 heterocycles. The number of hydrogen-bond donors (Lipinski definition) is 8.